The largest absolute Gasteiger partial charge is 1.00 e. The molecule has 0 aromatic carbocycles. The summed E-state index contributed by atoms with van der Waals surface area (Å²) in [5.74, 6) is -2.68. The van der Waals surface area contributed by atoms with Crippen LogP contribution in [-0.2, 0) is 26.3 Å². The van der Waals surface area contributed by atoms with Gasteiger partial charge in [-0.25, -0.2) is 4.98 Å². The summed E-state index contributed by atoms with van der Waals surface area (Å²) in [6.07, 6.45) is 0. The molecule has 16 nitrogen and oxygen atoms in total. The summed E-state index contributed by atoms with van der Waals surface area (Å²) >= 11 is 3.35. The minimum absolute atomic E-state index is 0. The topological polar surface area (TPSA) is 249 Å². The molecule has 2 unspecified atom stereocenters. The molecular weight excluding hydrogens is 575 g/mol. The molecule has 2 aliphatic rings. The number of rotatable bonds is 8. The third-order valence-electron chi connectivity index (χ3n) is 5.01. The van der Waals surface area contributed by atoms with Crippen molar-refractivity contribution in [1.82, 2.24) is 30.0 Å². The van der Waals surface area contributed by atoms with Gasteiger partial charge in [0.15, 0.2) is 16.0 Å². The third-order valence-corrected chi connectivity index (χ3v) is 8.14. The standard InChI is InChI=1S/C18H18N8O7S3.Na.H2O/c1-25-18(22-12(28)13(29)23-25)36-4-6-3-34-15-9(14(30)26(15)10(6)16(31)32)21-11(27)8(24-33-2)7-5-35-17(19)20-7;;/h5,9,15H,3-4H2,1-2H3,(H2,19,20)(H,21,27)(H,23,29)(H,31,32);;1H2/q;+1;/p-1. The second-order valence-corrected chi connectivity index (χ2v) is 10.2. The van der Waals surface area contributed by atoms with Crippen LogP contribution in [0, 0.1) is 0 Å². The summed E-state index contributed by atoms with van der Waals surface area (Å²) < 4.78 is 1.24. The average molecular weight is 595 g/mol. The van der Waals surface area contributed by atoms with Gasteiger partial charge in [0.05, 0.1) is 11.7 Å². The number of nitrogens with two attached hydrogens (primary N) is 1. The van der Waals surface area contributed by atoms with Crippen LogP contribution in [0.15, 0.2) is 36.6 Å². The molecule has 2 aromatic heterocycles. The van der Waals surface area contributed by atoms with E-state index in [4.69, 9.17) is 10.6 Å². The molecule has 1 saturated heterocycles. The quantitative estimate of drug-likeness (QED) is 0.0644. The average Bonchev–Trinajstić information content (AvgIpc) is 3.27. The van der Waals surface area contributed by atoms with Crippen LogP contribution < -0.4 is 56.8 Å². The number of hydrogen-bond acceptors (Lipinski definition) is 14. The minimum Gasteiger partial charge on any atom is -0.543 e. The Hall–Kier alpha value is -2.68. The number of carbonyl (C=O) groups is 3. The first kappa shape index (κ1) is 31.5. The number of nitrogen functional groups attached to an aromatic ring is 1. The van der Waals surface area contributed by atoms with E-state index in [9.17, 15) is 29.1 Å². The van der Waals surface area contributed by atoms with Crippen LogP contribution in [-0.4, -0.2) is 83.7 Å². The van der Waals surface area contributed by atoms with Gasteiger partial charge in [-0.1, -0.05) is 16.9 Å². The predicted molar refractivity (Wildman–Crippen MR) is 132 cm³/mol. The summed E-state index contributed by atoms with van der Waals surface area (Å²) in [7, 11) is 2.72. The smallest absolute Gasteiger partial charge is 0.543 e. The monoisotopic (exact) mass is 594 g/mol. The number of anilines is 1. The fourth-order valence-corrected chi connectivity index (χ4v) is 6.38. The number of thiazole rings is 1. The number of oxime groups is 1. The Morgan fingerprint density at radius 3 is 2.68 bits per heavy atom. The molecule has 0 bridgehead atoms. The number of carboxylic acid groups (broad SMARTS) is 1. The van der Waals surface area contributed by atoms with Crippen LogP contribution in [0.1, 0.15) is 5.69 Å². The van der Waals surface area contributed by atoms with E-state index in [2.05, 4.69) is 25.5 Å². The van der Waals surface area contributed by atoms with Gasteiger partial charge in [0.2, 0.25) is 0 Å². The number of nitrogens with one attached hydrogen (secondary N) is 2. The van der Waals surface area contributed by atoms with Gasteiger partial charge in [0, 0.05) is 23.9 Å². The molecule has 4 heterocycles. The first-order valence-corrected chi connectivity index (χ1v) is 12.8. The number of carbonyl (C=O) groups excluding carboxylic acids is 3. The Bertz CT molecular complexity index is 1440. The molecular formula is C18H19N8NaO8S3. The van der Waals surface area contributed by atoms with Crippen molar-refractivity contribution in [2.45, 2.75) is 16.6 Å². The molecule has 2 atom stereocenters. The van der Waals surface area contributed by atoms with Gasteiger partial charge >= 0.3 is 40.7 Å². The summed E-state index contributed by atoms with van der Waals surface area (Å²) in [5.41, 5.74) is 3.77. The van der Waals surface area contributed by atoms with E-state index >= 15 is 0 Å². The SMILES string of the molecule is CON=C(C(=O)NC1C(=O)N2C(C(=O)[O-])=C(CSc3nc(=O)c(=O)[nH]n3C)CSC12)c1csc(N)n1.O.[Na+]. The van der Waals surface area contributed by atoms with E-state index in [1.807, 2.05) is 0 Å². The normalized spacial score (nSPS) is 18.5. The van der Waals surface area contributed by atoms with Crippen LogP contribution in [0.3, 0.4) is 0 Å². The van der Waals surface area contributed by atoms with Crippen molar-refractivity contribution in [2.75, 3.05) is 24.3 Å². The van der Waals surface area contributed by atoms with Crippen molar-refractivity contribution in [3.8, 4) is 0 Å². The Morgan fingerprint density at radius 1 is 1.37 bits per heavy atom. The predicted octanol–water partition coefficient (Wildman–Crippen LogP) is -6.77. The molecule has 0 saturated carbocycles. The van der Waals surface area contributed by atoms with Crippen molar-refractivity contribution in [1.29, 1.82) is 0 Å². The van der Waals surface area contributed by atoms with E-state index in [1.165, 1.54) is 36.0 Å². The fourth-order valence-electron chi connectivity index (χ4n) is 3.43. The van der Waals surface area contributed by atoms with E-state index in [-0.39, 0.29) is 73.9 Å². The number of H-pyrrole nitrogens is 1. The van der Waals surface area contributed by atoms with Crippen molar-refractivity contribution in [3.63, 3.8) is 0 Å². The van der Waals surface area contributed by atoms with Gasteiger partial charge < -0.3 is 31.3 Å². The second-order valence-electron chi connectivity index (χ2n) is 7.28. The molecule has 38 heavy (non-hydrogen) atoms. The number of amides is 2. The number of aromatic amines is 1. The van der Waals surface area contributed by atoms with Gasteiger partial charge in [-0.2, -0.15) is 4.98 Å². The zero-order chi connectivity index (χ0) is 26.1. The zero-order valence-corrected chi connectivity index (χ0v) is 24.5. The molecule has 2 aliphatic heterocycles. The van der Waals surface area contributed by atoms with E-state index < -0.39 is 40.3 Å². The summed E-state index contributed by atoms with van der Waals surface area (Å²) in [6, 6.07) is -1.02. The Kier molecular flexibility index (Phi) is 10.7. The van der Waals surface area contributed by atoms with Gasteiger partial charge in [0.25, 0.3) is 11.8 Å². The van der Waals surface area contributed by atoms with E-state index in [0.717, 1.165) is 28.0 Å². The van der Waals surface area contributed by atoms with Gasteiger partial charge in [0.1, 0.15) is 24.2 Å². The molecule has 6 N–H and O–H groups in total. The van der Waals surface area contributed by atoms with Crippen LogP contribution in [0.4, 0.5) is 5.13 Å². The first-order valence-electron chi connectivity index (χ1n) is 9.94. The zero-order valence-electron chi connectivity index (χ0n) is 20.0. The van der Waals surface area contributed by atoms with Crippen LogP contribution >= 0.6 is 34.9 Å². The second kappa shape index (κ2) is 12.9. The molecule has 1 fully saturated rings. The Labute approximate surface area is 247 Å². The van der Waals surface area contributed by atoms with Crippen molar-refractivity contribution in [3.05, 3.63) is 43.1 Å². The first-order chi connectivity index (χ1) is 17.1. The molecule has 4 rings (SSSR count). The van der Waals surface area contributed by atoms with Crippen molar-refractivity contribution < 1.29 is 59.4 Å². The Balaban J connectivity index is 0.00000253. The summed E-state index contributed by atoms with van der Waals surface area (Å²) in [4.78, 5) is 74.0. The molecule has 0 aliphatic carbocycles. The Morgan fingerprint density at radius 2 is 2.08 bits per heavy atom. The minimum atomic E-state index is -1.56. The van der Waals surface area contributed by atoms with Crippen LogP contribution in [0.25, 0.3) is 0 Å². The number of aryl methyl sites for hydroxylation is 1. The number of aliphatic carboxylic acids is 1. The number of hydrogen-bond donors (Lipinski definition) is 3. The molecule has 198 valence electrons. The van der Waals surface area contributed by atoms with Crippen LogP contribution in [0.5, 0.6) is 0 Å². The van der Waals surface area contributed by atoms with Crippen molar-refractivity contribution >= 4 is 63.5 Å². The van der Waals surface area contributed by atoms with Crippen LogP contribution in [0.2, 0.25) is 0 Å². The number of thioether (sulfide) groups is 2. The molecule has 2 aromatic rings. The van der Waals surface area contributed by atoms with E-state index in [1.54, 1.807) is 0 Å². The van der Waals surface area contributed by atoms with Gasteiger partial charge in [-0.15, -0.1) is 23.1 Å². The summed E-state index contributed by atoms with van der Waals surface area (Å²) in [6.45, 7) is 0. The number of fused-ring (bicyclic) bond motifs is 1. The van der Waals surface area contributed by atoms with Crippen molar-refractivity contribution in [2.24, 2.45) is 12.2 Å². The number of carboxylic acids is 1. The molecule has 2 amide bonds. The summed E-state index contributed by atoms with van der Waals surface area (Å²) in [5, 5.41) is 21.6. The molecule has 20 heteroatoms. The third kappa shape index (κ3) is 6.14. The fraction of sp³-hybridized carbons (Fsp3) is 0.333. The van der Waals surface area contributed by atoms with Gasteiger partial charge in [-0.05, 0) is 5.57 Å². The molecule has 0 spiro atoms. The van der Waals surface area contributed by atoms with Gasteiger partial charge in [-0.3, -0.25) is 33.9 Å². The maximum atomic E-state index is 12.9. The molecule has 0 radical (unpaired) electrons. The number of nitrogens with zero attached hydrogens (tertiary/aromatic N) is 5. The number of β-lactam (4-membered cyclic amide) rings is 1. The maximum Gasteiger partial charge on any atom is 1.00 e. The van der Waals surface area contributed by atoms with E-state index in [0.29, 0.717) is 5.57 Å². The maximum absolute atomic E-state index is 12.9. The number of aromatic nitrogens is 4.